The van der Waals surface area contributed by atoms with Gasteiger partial charge in [-0.15, -0.1) is 0 Å². The van der Waals surface area contributed by atoms with E-state index < -0.39 is 53.8 Å². The van der Waals surface area contributed by atoms with Crippen LogP contribution in [0.25, 0.3) is 0 Å². The summed E-state index contributed by atoms with van der Waals surface area (Å²) in [6.45, 7) is 4.85. The third-order valence-corrected chi connectivity index (χ3v) is 6.84. The molecule has 1 aliphatic rings. The summed E-state index contributed by atoms with van der Waals surface area (Å²) in [5.41, 5.74) is 6.86. The normalized spacial score (nSPS) is 16.5. The molecule has 0 aromatic heterocycles. The zero-order valence-corrected chi connectivity index (χ0v) is 23.5. The van der Waals surface area contributed by atoms with Crippen LogP contribution in [0.2, 0.25) is 0 Å². The summed E-state index contributed by atoms with van der Waals surface area (Å²) in [6, 6.07) is 12.5. The fourth-order valence-corrected chi connectivity index (χ4v) is 4.37. The molecule has 12 heteroatoms. The number of piperazine rings is 1. The monoisotopic (exact) mass is 566 g/mol. The lowest BCUT2D eigenvalue weighted by molar-refractivity contribution is -0.147. The van der Waals surface area contributed by atoms with E-state index in [1.54, 1.807) is 12.1 Å². The minimum atomic E-state index is -0.976. The molecule has 41 heavy (non-hydrogen) atoms. The number of phenols is 1. The van der Waals surface area contributed by atoms with Gasteiger partial charge in [-0.2, -0.15) is 0 Å². The van der Waals surface area contributed by atoms with E-state index in [9.17, 15) is 29.1 Å². The van der Waals surface area contributed by atoms with Gasteiger partial charge in [-0.05, 0) is 50.5 Å². The highest BCUT2D eigenvalue weighted by atomic mass is 16.3. The molecular formula is C29H38N6O6. The van der Waals surface area contributed by atoms with Crippen LogP contribution in [0.3, 0.4) is 0 Å². The average molecular weight is 567 g/mol. The van der Waals surface area contributed by atoms with Crippen LogP contribution < -0.4 is 27.0 Å². The van der Waals surface area contributed by atoms with Gasteiger partial charge in [-0.1, -0.05) is 42.5 Å². The first kappa shape index (κ1) is 31.1. The maximum absolute atomic E-state index is 13.6. The molecule has 1 unspecified atom stereocenters. The van der Waals surface area contributed by atoms with E-state index in [4.69, 9.17) is 5.73 Å². The second kappa shape index (κ2) is 13.8. The summed E-state index contributed by atoms with van der Waals surface area (Å²) in [5.74, 6) is -2.35. The molecule has 2 aromatic rings. The molecule has 3 atom stereocenters. The van der Waals surface area contributed by atoms with Crippen LogP contribution in [0.4, 0.5) is 0 Å². The zero-order valence-electron chi connectivity index (χ0n) is 23.5. The minimum absolute atomic E-state index is 0.0968. The van der Waals surface area contributed by atoms with Gasteiger partial charge in [0, 0.05) is 13.0 Å². The Morgan fingerprint density at radius 1 is 0.976 bits per heavy atom. The molecule has 0 bridgehead atoms. The van der Waals surface area contributed by atoms with E-state index in [2.05, 4.69) is 21.3 Å². The number of nitrogens with two attached hydrogens (primary N) is 1. The van der Waals surface area contributed by atoms with Gasteiger partial charge in [0.25, 0.3) is 0 Å². The quantitative estimate of drug-likeness (QED) is 0.209. The predicted octanol–water partition coefficient (Wildman–Crippen LogP) is -0.653. The van der Waals surface area contributed by atoms with Gasteiger partial charge in [0.2, 0.25) is 29.5 Å². The highest BCUT2D eigenvalue weighted by molar-refractivity contribution is 5.94. The number of carbonyl (C=O) groups is 5. The summed E-state index contributed by atoms with van der Waals surface area (Å²) in [4.78, 5) is 65.0. The van der Waals surface area contributed by atoms with Gasteiger partial charge in [0.1, 0.15) is 24.4 Å². The zero-order chi connectivity index (χ0) is 30.2. The second-order valence-corrected chi connectivity index (χ2v) is 10.7. The average Bonchev–Trinajstić information content (AvgIpc) is 2.94. The van der Waals surface area contributed by atoms with Gasteiger partial charge >= 0.3 is 0 Å². The van der Waals surface area contributed by atoms with Crippen molar-refractivity contribution in [2.45, 2.75) is 57.3 Å². The number of hydrogen-bond donors (Lipinski definition) is 6. The fourth-order valence-electron chi connectivity index (χ4n) is 4.37. The number of hydrogen-bond acceptors (Lipinski definition) is 7. The van der Waals surface area contributed by atoms with Crippen molar-refractivity contribution in [1.29, 1.82) is 0 Å². The van der Waals surface area contributed by atoms with Crippen LogP contribution in [-0.4, -0.2) is 82.8 Å². The van der Waals surface area contributed by atoms with Crippen LogP contribution in [0.1, 0.15) is 31.9 Å². The van der Waals surface area contributed by atoms with E-state index in [1.165, 1.54) is 24.0 Å². The van der Waals surface area contributed by atoms with Crippen molar-refractivity contribution in [1.82, 2.24) is 26.2 Å². The summed E-state index contributed by atoms with van der Waals surface area (Å²) >= 11 is 0. The summed E-state index contributed by atoms with van der Waals surface area (Å²) in [7, 11) is 0. The molecule has 0 radical (unpaired) electrons. The Hall–Kier alpha value is -4.45. The third kappa shape index (κ3) is 9.04. The number of nitrogens with zero attached hydrogens (tertiary/aromatic N) is 1. The van der Waals surface area contributed by atoms with E-state index >= 15 is 0 Å². The minimum Gasteiger partial charge on any atom is -0.508 e. The van der Waals surface area contributed by atoms with Gasteiger partial charge < -0.3 is 37.0 Å². The molecule has 1 fully saturated rings. The standard InChI is InChI=1S/C29H38N6O6/c1-18(33-27(40)22(30)13-20-9-11-21(36)12-10-20)26(39)31-15-24(37)34-23(14-19-7-5-4-6-8-19)28(41)35-16-25(38)32-17-29(35,2)3/h4-12,18,22-23,36H,13-17,30H2,1-3H3,(H,31,39)(H,32,38)(H,33,40)(H,34,37)/t18-,22?,23+/m1/s1. The number of amides is 5. The van der Waals surface area contributed by atoms with Crippen molar-refractivity contribution >= 4 is 29.5 Å². The topological polar surface area (TPSA) is 183 Å². The van der Waals surface area contributed by atoms with E-state index in [-0.39, 0.29) is 37.6 Å². The molecule has 0 saturated carbocycles. The second-order valence-electron chi connectivity index (χ2n) is 10.7. The molecule has 2 aromatic carbocycles. The van der Waals surface area contributed by atoms with Crippen molar-refractivity contribution in [3.05, 3.63) is 65.7 Å². The van der Waals surface area contributed by atoms with E-state index in [0.717, 1.165) is 11.1 Å². The Balaban J connectivity index is 1.56. The molecule has 7 N–H and O–H groups in total. The largest absolute Gasteiger partial charge is 0.508 e. The van der Waals surface area contributed by atoms with Gasteiger partial charge in [-0.3, -0.25) is 24.0 Å². The molecule has 3 rings (SSSR count). The summed E-state index contributed by atoms with van der Waals surface area (Å²) in [5, 5.41) is 19.8. The maximum atomic E-state index is 13.6. The van der Waals surface area contributed by atoms with Crippen LogP contribution in [0.5, 0.6) is 5.75 Å². The van der Waals surface area contributed by atoms with E-state index in [1.807, 2.05) is 44.2 Å². The lowest BCUT2D eigenvalue weighted by Crippen LogP contribution is -2.65. The van der Waals surface area contributed by atoms with Gasteiger partial charge in [0.05, 0.1) is 18.1 Å². The Bertz CT molecular complexity index is 1250. The molecule has 12 nitrogen and oxygen atoms in total. The van der Waals surface area contributed by atoms with E-state index in [0.29, 0.717) is 0 Å². The number of benzene rings is 2. The first-order valence-electron chi connectivity index (χ1n) is 13.4. The predicted molar refractivity (Wildman–Crippen MR) is 151 cm³/mol. The molecule has 0 aliphatic carbocycles. The highest BCUT2D eigenvalue weighted by Crippen LogP contribution is 2.19. The summed E-state index contributed by atoms with van der Waals surface area (Å²) in [6.07, 6.45) is 0.397. The maximum Gasteiger partial charge on any atom is 0.246 e. The fraction of sp³-hybridized carbons (Fsp3) is 0.414. The highest BCUT2D eigenvalue weighted by Gasteiger charge is 2.39. The van der Waals surface area contributed by atoms with Crippen LogP contribution >= 0.6 is 0 Å². The molecule has 5 amide bonds. The SMILES string of the molecule is C[C@@H](NC(=O)C(N)Cc1ccc(O)cc1)C(=O)NCC(=O)N[C@@H](Cc1ccccc1)C(=O)N1CC(=O)NCC1(C)C. The molecular weight excluding hydrogens is 528 g/mol. The molecule has 1 heterocycles. The number of nitrogens with one attached hydrogen (secondary N) is 4. The Kier molecular flexibility index (Phi) is 10.4. The number of aromatic hydroxyl groups is 1. The van der Waals surface area contributed by atoms with Crippen molar-refractivity contribution in [3.8, 4) is 5.75 Å². The molecule has 1 aliphatic heterocycles. The lowest BCUT2D eigenvalue weighted by Gasteiger charge is -2.43. The van der Waals surface area contributed by atoms with Crippen molar-refractivity contribution < 1.29 is 29.1 Å². The molecule has 220 valence electrons. The smallest absolute Gasteiger partial charge is 0.246 e. The third-order valence-electron chi connectivity index (χ3n) is 6.84. The van der Waals surface area contributed by atoms with Crippen LogP contribution in [-0.2, 0) is 36.8 Å². The first-order chi connectivity index (χ1) is 19.4. The van der Waals surface area contributed by atoms with Crippen molar-refractivity contribution in [2.75, 3.05) is 19.6 Å². The lowest BCUT2D eigenvalue weighted by atomic mass is 9.96. The molecule has 0 spiro atoms. The van der Waals surface area contributed by atoms with Crippen LogP contribution in [0.15, 0.2) is 54.6 Å². The van der Waals surface area contributed by atoms with Crippen molar-refractivity contribution in [3.63, 3.8) is 0 Å². The number of carbonyl (C=O) groups excluding carboxylic acids is 5. The number of rotatable bonds is 11. The number of phenolic OH excluding ortho intramolecular Hbond substituents is 1. The first-order valence-corrected chi connectivity index (χ1v) is 13.4. The van der Waals surface area contributed by atoms with Gasteiger partial charge in [0.15, 0.2) is 0 Å². The van der Waals surface area contributed by atoms with Gasteiger partial charge in [-0.25, -0.2) is 0 Å². The molecule has 1 saturated heterocycles. The Labute approximate surface area is 239 Å². The van der Waals surface area contributed by atoms with Crippen LogP contribution in [0, 0.1) is 0 Å². The van der Waals surface area contributed by atoms with Crippen molar-refractivity contribution in [2.24, 2.45) is 5.73 Å². The Morgan fingerprint density at radius 2 is 1.61 bits per heavy atom. The summed E-state index contributed by atoms with van der Waals surface area (Å²) < 4.78 is 0. The Morgan fingerprint density at radius 3 is 2.27 bits per heavy atom.